The second-order valence-corrected chi connectivity index (χ2v) is 8.93. The minimum absolute atomic E-state index is 0.0313. The van der Waals surface area contributed by atoms with Crippen LogP contribution in [-0.4, -0.2) is 46.1 Å². The molecule has 0 aromatic heterocycles. The molecule has 12 heteroatoms. The summed E-state index contributed by atoms with van der Waals surface area (Å²) in [6.45, 7) is 0. The fraction of sp³-hybridized carbons (Fsp3) is 0.182. The van der Waals surface area contributed by atoms with Crippen LogP contribution in [-0.2, 0) is 14.6 Å². The number of azo groups is 1. The first-order valence-corrected chi connectivity index (χ1v) is 11.2. The first-order chi connectivity index (χ1) is 15.9. The van der Waals surface area contributed by atoms with Crippen LogP contribution in [0.15, 0.2) is 83.0 Å². The van der Waals surface area contributed by atoms with Gasteiger partial charge >= 0.3 is 0 Å². The van der Waals surface area contributed by atoms with Gasteiger partial charge < -0.3 is 9.87 Å². The van der Waals surface area contributed by atoms with Crippen LogP contribution < -0.4 is 9.80 Å². The second-order valence-electron chi connectivity index (χ2n) is 7.78. The normalized spacial score (nSPS) is 11.6. The van der Waals surface area contributed by atoms with Crippen molar-refractivity contribution in [1.29, 1.82) is 0 Å². The van der Waals surface area contributed by atoms with Gasteiger partial charge in [-0.2, -0.15) is 10.2 Å². The molecule has 0 unspecified atom stereocenters. The van der Waals surface area contributed by atoms with Crippen LogP contribution in [0, 0.1) is 10.1 Å². The average Bonchev–Trinajstić information content (AvgIpc) is 2.78. The molecular weight excluding hydrogens is 462 g/mol. The SMILES string of the molecule is COS(=O)(=O)[O-].C[N+](C)(C)c1ccc(Nc2ccc(N=Nc3ccc([N+](=O)[O-])cc3)cc2)cc1. The summed E-state index contributed by atoms with van der Waals surface area (Å²) in [7, 11) is 2.79. The van der Waals surface area contributed by atoms with E-state index in [1.54, 1.807) is 12.1 Å². The number of hydrogen-bond acceptors (Lipinski definition) is 9. The number of benzene rings is 3. The maximum Gasteiger partial charge on any atom is 0.269 e. The van der Waals surface area contributed by atoms with Gasteiger partial charge in [-0.25, -0.2) is 8.42 Å². The minimum atomic E-state index is -4.41. The molecule has 0 radical (unpaired) electrons. The first-order valence-electron chi connectivity index (χ1n) is 9.84. The highest BCUT2D eigenvalue weighted by Crippen LogP contribution is 2.25. The maximum absolute atomic E-state index is 10.7. The molecule has 11 nitrogen and oxygen atoms in total. The molecule has 0 bridgehead atoms. The van der Waals surface area contributed by atoms with Crippen LogP contribution in [0.25, 0.3) is 0 Å². The Morgan fingerprint density at radius 3 is 1.56 bits per heavy atom. The third kappa shape index (κ3) is 9.03. The summed E-state index contributed by atoms with van der Waals surface area (Å²) in [6.07, 6.45) is 0. The lowest BCUT2D eigenvalue weighted by Gasteiger charge is -2.23. The van der Waals surface area contributed by atoms with E-state index in [4.69, 9.17) is 0 Å². The Labute approximate surface area is 198 Å². The van der Waals surface area contributed by atoms with Crippen molar-refractivity contribution in [3.63, 3.8) is 0 Å². The molecular formula is C22H25N5O6S. The molecule has 180 valence electrons. The van der Waals surface area contributed by atoms with E-state index in [2.05, 4.69) is 65.1 Å². The summed E-state index contributed by atoms with van der Waals surface area (Å²) < 4.78 is 31.8. The van der Waals surface area contributed by atoms with E-state index >= 15 is 0 Å². The number of rotatable bonds is 7. The number of nitrogens with one attached hydrogen (secondary N) is 1. The van der Waals surface area contributed by atoms with Crippen LogP contribution >= 0.6 is 0 Å². The smallest absolute Gasteiger partial charge is 0.269 e. The lowest BCUT2D eigenvalue weighted by Crippen LogP contribution is -2.34. The lowest BCUT2D eigenvalue weighted by molar-refractivity contribution is -0.384. The monoisotopic (exact) mass is 487 g/mol. The Morgan fingerprint density at radius 1 is 0.824 bits per heavy atom. The van der Waals surface area contributed by atoms with E-state index in [0.717, 1.165) is 23.0 Å². The van der Waals surface area contributed by atoms with Gasteiger partial charge in [0.15, 0.2) is 0 Å². The summed E-state index contributed by atoms with van der Waals surface area (Å²) in [6, 6.07) is 21.9. The molecule has 0 atom stereocenters. The van der Waals surface area contributed by atoms with E-state index in [1.807, 2.05) is 24.3 Å². The fourth-order valence-corrected chi connectivity index (χ4v) is 2.53. The molecule has 0 fully saturated rings. The van der Waals surface area contributed by atoms with Gasteiger partial charge in [-0.1, -0.05) is 0 Å². The fourth-order valence-electron chi connectivity index (χ4n) is 2.53. The molecule has 0 amide bonds. The minimum Gasteiger partial charge on any atom is -0.726 e. The Hall–Kier alpha value is -3.71. The molecule has 1 N–H and O–H groups in total. The van der Waals surface area contributed by atoms with Crippen molar-refractivity contribution >= 4 is 44.5 Å². The largest absolute Gasteiger partial charge is 0.726 e. The lowest BCUT2D eigenvalue weighted by atomic mass is 10.2. The summed E-state index contributed by atoms with van der Waals surface area (Å²) in [4.78, 5) is 10.2. The van der Waals surface area contributed by atoms with E-state index in [9.17, 15) is 23.1 Å². The first kappa shape index (κ1) is 26.5. The molecule has 0 aliphatic heterocycles. The van der Waals surface area contributed by atoms with E-state index in [0.29, 0.717) is 11.4 Å². The molecule has 0 spiro atoms. The van der Waals surface area contributed by atoms with Gasteiger partial charge in [0.2, 0.25) is 10.4 Å². The quantitative estimate of drug-likeness (QED) is 0.123. The van der Waals surface area contributed by atoms with Gasteiger partial charge in [0, 0.05) is 35.6 Å². The van der Waals surface area contributed by atoms with Crippen LogP contribution in [0.5, 0.6) is 0 Å². The van der Waals surface area contributed by atoms with Crippen molar-refractivity contribution in [3.8, 4) is 0 Å². The van der Waals surface area contributed by atoms with Crippen LogP contribution in [0.3, 0.4) is 0 Å². The van der Waals surface area contributed by atoms with Gasteiger partial charge in [0.05, 0.1) is 44.6 Å². The summed E-state index contributed by atoms with van der Waals surface area (Å²) in [5.74, 6) is 0. The van der Waals surface area contributed by atoms with Crippen molar-refractivity contribution < 1.29 is 22.1 Å². The zero-order valence-corrected chi connectivity index (χ0v) is 19.9. The number of non-ortho nitro benzene ring substituents is 1. The topological polar surface area (TPSA) is 146 Å². The van der Waals surface area contributed by atoms with Crippen molar-refractivity contribution in [1.82, 2.24) is 4.48 Å². The van der Waals surface area contributed by atoms with E-state index in [-0.39, 0.29) is 5.69 Å². The highest BCUT2D eigenvalue weighted by molar-refractivity contribution is 7.80. The van der Waals surface area contributed by atoms with Crippen LogP contribution in [0.1, 0.15) is 0 Å². The second kappa shape index (κ2) is 11.4. The Balaban J connectivity index is 0.000000604. The summed E-state index contributed by atoms with van der Waals surface area (Å²) in [5.41, 5.74) is 4.48. The van der Waals surface area contributed by atoms with Gasteiger partial charge in [-0.3, -0.25) is 18.8 Å². The zero-order valence-electron chi connectivity index (χ0n) is 19.1. The zero-order chi connectivity index (χ0) is 25.4. The molecule has 3 aromatic carbocycles. The van der Waals surface area contributed by atoms with E-state index < -0.39 is 15.3 Å². The van der Waals surface area contributed by atoms with Crippen LogP contribution in [0.4, 0.5) is 34.1 Å². The highest BCUT2D eigenvalue weighted by atomic mass is 32.3. The number of nitro benzene ring substituents is 1. The predicted octanol–water partition coefficient (Wildman–Crippen LogP) is 5.04. The average molecular weight is 488 g/mol. The molecule has 0 aliphatic carbocycles. The molecule has 3 rings (SSSR count). The van der Waals surface area contributed by atoms with Gasteiger partial charge in [-0.05, 0) is 48.5 Å². The number of anilines is 2. The number of nitro groups is 1. The van der Waals surface area contributed by atoms with Gasteiger partial charge in [0.1, 0.15) is 5.69 Å². The summed E-state index contributed by atoms with van der Waals surface area (Å²) >= 11 is 0. The van der Waals surface area contributed by atoms with Crippen molar-refractivity contribution in [2.45, 2.75) is 0 Å². The third-order valence-electron chi connectivity index (χ3n) is 4.34. The van der Waals surface area contributed by atoms with Crippen molar-refractivity contribution in [2.24, 2.45) is 10.2 Å². The predicted molar refractivity (Wildman–Crippen MR) is 130 cm³/mol. The molecule has 3 aromatic rings. The van der Waals surface area contributed by atoms with Gasteiger partial charge in [-0.15, -0.1) is 0 Å². The number of nitrogens with zero attached hydrogens (tertiary/aromatic N) is 4. The number of quaternary nitrogens is 1. The molecule has 0 heterocycles. The Kier molecular flexibility index (Phi) is 8.92. The molecule has 34 heavy (non-hydrogen) atoms. The number of hydrogen-bond donors (Lipinski definition) is 1. The standard InChI is InChI=1S/C21H22N5O2.CH4O4S/c1-26(2,3)21-14-10-17(11-15-21)22-16-4-6-18(7-5-16)23-24-19-8-12-20(13-9-19)25(27)28;1-5-6(2,3)4/h4-15,22H,1-3H3;1H3,(H,2,3,4)/q+1;/p-1. The summed E-state index contributed by atoms with van der Waals surface area (Å²) in [5, 5.41) is 22.3. The molecule has 0 saturated carbocycles. The Morgan fingerprint density at radius 2 is 1.21 bits per heavy atom. The highest BCUT2D eigenvalue weighted by Gasteiger charge is 2.11. The van der Waals surface area contributed by atoms with Crippen LogP contribution in [0.2, 0.25) is 0 Å². The van der Waals surface area contributed by atoms with Gasteiger partial charge in [0.25, 0.3) is 5.69 Å². The van der Waals surface area contributed by atoms with E-state index in [1.165, 1.54) is 17.8 Å². The van der Waals surface area contributed by atoms with Crippen molar-refractivity contribution in [3.05, 3.63) is 82.9 Å². The van der Waals surface area contributed by atoms with Crippen molar-refractivity contribution in [2.75, 3.05) is 33.6 Å². The Bertz CT molecular complexity index is 1220. The molecule has 0 saturated heterocycles. The molecule has 0 aliphatic rings. The maximum atomic E-state index is 10.7. The third-order valence-corrected chi connectivity index (χ3v) is 4.75.